The highest BCUT2D eigenvalue weighted by molar-refractivity contribution is 6.46. The summed E-state index contributed by atoms with van der Waals surface area (Å²) in [5.74, 6) is -5.01. The molecular weight excluding hydrogens is 1640 g/mol. The lowest BCUT2D eigenvalue weighted by atomic mass is 9.68. The van der Waals surface area contributed by atoms with Crippen molar-refractivity contribution in [3.63, 3.8) is 0 Å². The molecule has 8 atom stereocenters. The van der Waals surface area contributed by atoms with Crippen molar-refractivity contribution in [1.82, 2.24) is 41.3 Å². The first-order valence-electron chi connectivity index (χ1n) is 45.3. The van der Waals surface area contributed by atoms with E-state index in [9.17, 15) is 67.7 Å². The van der Waals surface area contributed by atoms with Gasteiger partial charge in [0.25, 0.3) is 0 Å². The molecular formula is C89H146B4N10O24. The number of nitrogens with zero attached hydrogens (tertiary/aromatic N) is 3. The lowest BCUT2D eigenvalue weighted by molar-refractivity contribution is -0.170. The number of benzene rings is 2. The fraction of sp³-hybridized carbons (Fsp3) is 0.730. The Bertz CT molecular complexity index is 3950. The van der Waals surface area contributed by atoms with Gasteiger partial charge in [0.05, 0.1) is 58.7 Å². The molecule has 38 heteroatoms. The van der Waals surface area contributed by atoms with Gasteiger partial charge in [0.2, 0.25) is 47.3 Å². The number of esters is 2. The number of ether oxygens (including phenoxy) is 2. The first-order chi connectivity index (χ1) is 59.3. The molecule has 8 amide bonds. The fourth-order valence-corrected chi connectivity index (χ4v) is 17.8. The van der Waals surface area contributed by atoms with Crippen molar-refractivity contribution in [3.05, 3.63) is 71.8 Å². The molecule has 0 spiro atoms. The first kappa shape index (κ1) is 108. The molecule has 1 aliphatic carbocycles. The zero-order valence-corrected chi connectivity index (χ0v) is 78.4. The summed E-state index contributed by atoms with van der Waals surface area (Å²) in [6.07, 6.45) is 14.1. The normalized spacial score (nSPS) is 25.2. The lowest BCUT2D eigenvalue weighted by Crippen LogP contribution is -2.64. The van der Waals surface area contributed by atoms with E-state index in [1.54, 1.807) is 9.80 Å². The van der Waals surface area contributed by atoms with E-state index in [0.717, 1.165) is 49.6 Å². The van der Waals surface area contributed by atoms with Crippen LogP contribution in [0.3, 0.4) is 0 Å². The predicted octanol–water partition coefficient (Wildman–Crippen LogP) is 7.75. The van der Waals surface area contributed by atoms with E-state index >= 15 is 0 Å². The van der Waals surface area contributed by atoms with Crippen molar-refractivity contribution in [1.29, 1.82) is 0 Å². The highest BCUT2D eigenvalue weighted by Gasteiger charge is 2.57. The molecule has 2 aromatic carbocycles. The number of nitrogens with two attached hydrogens (primary N) is 2. The van der Waals surface area contributed by atoms with Crippen LogP contribution in [0.1, 0.15) is 270 Å². The maximum atomic E-state index is 13.8. The quantitative estimate of drug-likeness (QED) is 0.0176. The number of rotatable bonds is 36. The van der Waals surface area contributed by atoms with Gasteiger partial charge in [0.1, 0.15) is 29.8 Å². The molecule has 0 unspecified atom stereocenters. The van der Waals surface area contributed by atoms with Crippen molar-refractivity contribution in [3.8, 4) is 0 Å². The molecule has 34 nitrogen and oxygen atoms in total. The SMILES string of the molecule is CC(=O)N1CC[C@H](N)C[C@]1(CCCCB1OC(C)(C)C(C)(C)O1)C(=O)OCc1ccccc1.CC(=O)NCC(=O)N[C@H]1CCN(C(C)=O)[C@@](CCCCB2OC(C)(C)C(C)(C)O2)(C(=O)O)C1.CC(=O)NCC(=O)N[C@H]1CCN(C(C)=O)[C@@](CCCCB2OC(C)(C)C(C)(C)O2)(C(=O)OCc2ccccc2)C1.NCC(=O)N[C@H]1CCC[C@@](CCCCB(O)O)(C(=O)O)C1. The Balaban J connectivity index is 0.000000267. The van der Waals surface area contributed by atoms with Crippen molar-refractivity contribution < 1.29 is 115 Å². The van der Waals surface area contributed by atoms with Gasteiger partial charge in [-0.2, -0.15) is 0 Å². The minimum atomic E-state index is -1.40. The van der Waals surface area contributed by atoms with Crippen LogP contribution in [0, 0.1) is 5.41 Å². The second kappa shape index (κ2) is 47.7. The Morgan fingerprint density at radius 1 is 0.441 bits per heavy atom. The third-order valence-corrected chi connectivity index (χ3v) is 26.9. The van der Waals surface area contributed by atoms with Crippen LogP contribution >= 0.6 is 0 Å². The molecule has 2 aromatic rings. The number of carbonyl (C=O) groups is 12. The second-order valence-electron chi connectivity index (χ2n) is 38.3. The number of aliphatic carboxylic acids is 2. The summed E-state index contributed by atoms with van der Waals surface area (Å²) in [7, 11) is -2.31. The van der Waals surface area contributed by atoms with Gasteiger partial charge in [0, 0.05) is 91.3 Å². The standard InChI is InChI=1S/C29H44BN3O7.C25H39BN2O5.C22H38BN3O7.C13H25BN2O5/c1-21(34)31-19-25(36)32-24-14-17-33(22(2)35)29(18-24,26(37)38-20-23-12-8-7-9-13-23)15-10-11-16-30-39-27(3,4)28(5,6)40-30;1-19(29)28-16-13-21(27)17-25(28,22(30)31-18-20-11-7-6-8-12-20)14-9-10-15-26-32-23(2,3)24(4,5)33-26;1-15(27)24-14-18(29)25-17-9-12-26(16(2)28)22(13-17,19(30)31)10-7-8-11-23-32-20(3,4)21(5,6)33-23;15-9-11(17)16-10-4-3-6-13(8-10,12(18)19)5-1-2-7-14(20)21/h7-9,12-13,24H,10-11,14-20H2,1-6H3,(H,31,34)(H,32,36);6-8,11-12,21H,9-10,13-18,27H2,1-5H3;17H,7-14H2,1-6H3,(H,24,27)(H,25,29)(H,30,31);10,20-21H,1-9,15H2,(H,16,17)(H,18,19)/t24-,29+;21-,25+;17-,22+;10-,13+/m0000/s1. The van der Waals surface area contributed by atoms with E-state index in [0.29, 0.717) is 116 Å². The van der Waals surface area contributed by atoms with Crippen LogP contribution < -0.4 is 38.1 Å². The lowest BCUT2D eigenvalue weighted by Gasteiger charge is -2.47. The van der Waals surface area contributed by atoms with Crippen LogP contribution in [0.5, 0.6) is 0 Å². The van der Waals surface area contributed by atoms with Gasteiger partial charge >= 0.3 is 52.4 Å². The molecule has 0 bridgehead atoms. The summed E-state index contributed by atoms with van der Waals surface area (Å²) in [6, 6.07) is 17.9. The highest BCUT2D eigenvalue weighted by atomic mass is 16.7. The number of unbranched alkanes of at least 4 members (excludes halogenated alkanes) is 4. The second-order valence-corrected chi connectivity index (χ2v) is 38.3. The number of amides is 8. The Morgan fingerprint density at radius 3 is 1.13 bits per heavy atom. The van der Waals surface area contributed by atoms with E-state index in [2.05, 4.69) is 26.6 Å². The maximum absolute atomic E-state index is 13.8. The van der Waals surface area contributed by atoms with E-state index < -0.39 is 75.5 Å². The average molecular weight is 1780 g/mol. The number of likely N-dealkylation sites (tertiary alicyclic amines) is 3. The smallest absolute Gasteiger partial charge is 0.457 e. The van der Waals surface area contributed by atoms with Crippen molar-refractivity contribution >= 4 is 99.6 Å². The third kappa shape index (κ3) is 30.8. The number of carboxylic acid groups (broad SMARTS) is 2. The fourth-order valence-electron chi connectivity index (χ4n) is 17.8. The summed E-state index contributed by atoms with van der Waals surface area (Å²) < 4.78 is 48.0. The zero-order valence-electron chi connectivity index (χ0n) is 78.4. The maximum Gasteiger partial charge on any atom is 0.457 e. The van der Waals surface area contributed by atoms with Gasteiger partial charge in [-0.3, -0.25) is 43.2 Å². The minimum absolute atomic E-state index is 0.0840. The van der Waals surface area contributed by atoms with Gasteiger partial charge < -0.3 is 110 Å². The van der Waals surface area contributed by atoms with Crippen LogP contribution in [-0.4, -0.2) is 248 Å². The summed E-state index contributed by atoms with van der Waals surface area (Å²) in [4.78, 5) is 152. The van der Waals surface area contributed by atoms with Crippen LogP contribution in [0.4, 0.5) is 0 Å². The number of piperidine rings is 3. The summed E-state index contributed by atoms with van der Waals surface area (Å²) in [5.41, 5.74) is 6.43. The Kier molecular flexibility index (Phi) is 40.4. The molecule has 6 aliphatic heterocycles. The van der Waals surface area contributed by atoms with E-state index in [1.165, 1.54) is 39.5 Å². The molecule has 7 fully saturated rings. The molecule has 0 radical (unpaired) electrons. The van der Waals surface area contributed by atoms with Crippen LogP contribution in [0.15, 0.2) is 60.7 Å². The van der Waals surface area contributed by atoms with Crippen molar-refractivity contribution in [2.75, 3.05) is 39.3 Å². The van der Waals surface area contributed by atoms with E-state index in [-0.39, 0.29) is 169 Å². The Hall–Kier alpha value is -8.06. The van der Waals surface area contributed by atoms with Crippen molar-refractivity contribution in [2.24, 2.45) is 16.9 Å². The van der Waals surface area contributed by atoms with E-state index in [4.69, 9.17) is 58.9 Å². The Labute approximate surface area is 752 Å². The first-order valence-corrected chi connectivity index (χ1v) is 45.3. The summed E-state index contributed by atoms with van der Waals surface area (Å²) in [6.45, 7) is 32.0. The molecule has 6 saturated heterocycles. The van der Waals surface area contributed by atoms with Gasteiger partial charge in [-0.1, -0.05) is 118 Å². The molecule has 0 aromatic heterocycles. The van der Waals surface area contributed by atoms with Crippen LogP contribution in [-0.2, 0) is 108 Å². The molecule has 9 rings (SSSR count). The highest BCUT2D eigenvalue weighted by Crippen LogP contribution is 2.45. The number of nitrogens with one attached hydrogen (secondary N) is 5. The molecule has 6 heterocycles. The number of hydrogen-bond acceptors (Lipinski definition) is 24. The van der Waals surface area contributed by atoms with Crippen LogP contribution in [0.2, 0.25) is 25.3 Å². The molecule has 1 saturated carbocycles. The van der Waals surface area contributed by atoms with Gasteiger partial charge in [-0.15, -0.1) is 0 Å². The van der Waals surface area contributed by atoms with Crippen molar-refractivity contribution in [2.45, 2.75) is 372 Å². The van der Waals surface area contributed by atoms with Crippen LogP contribution in [0.25, 0.3) is 0 Å². The van der Waals surface area contributed by atoms with Gasteiger partial charge in [0.15, 0.2) is 0 Å². The monoisotopic (exact) mass is 1780 g/mol. The van der Waals surface area contributed by atoms with E-state index in [1.807, 2.05) is 144 Å². The summed E-state index contributed by atoms with van der Waals surface area (Å²) >= 11 is 0. The molecule has 7 aliphatic rings. The predicted molar refractivity (Wildman–Crippen MR) is 480 cm³/mol. The summed E-state index contributed by atoms with van der Waals surface area (Å²) in [5, 5.41) is 50.8. The molecule has 708 valence electrons. The Morgan fingerprint density at radius 2 is 0.780 bits per heavy atom. The topological polar surface area (TPSA) is 482 Å². The largest absolute Gasteiger partial charge is 0.481 e. The number of carbonyl (C=O) groups excluding carboxylic acids is 10. The molecule has 13 N–H and O–H groups in total. The zero-order chi connectivity index (χ0) is 94.7. The van der Waals surface area contributed by atoms with Gasteiger partial charge in [-0.25, -0.2) is 14.4 Å². The number of hydrogen-bond donors (Lipinski definition) is 11. The van der Waals surface area contributed by atoms with Gasteiger partial charge in [-0.05, 0) is 190 Å². The third-order valence-electron chi connectivity index (χ3n) is 26.9. The average Bonchev–Trinajstić information content (AvgIpc) is 1.77. The number of carboxylic acids is 2. The molecule has 127 heavy (non-hydrogen) atoms. The minimum Gasteiger partial charge on any atom is -0.481 e.